The molecule has 7 nitrogen and oxygen atoms in total. The number of amides is 1. The van der Waals surface area contributed by atoms with Gasteiger partial charge in [-0.1, -0.05) is 6.07 Å². The highest BCUT2D eigenvalue weighted by molar-refractivity contribution is 7.10. The first-order valence-electron chi connectivity index (χ1n) is 8.64. The van der Waals surface area contributed by atoms with Crippen LogP contribution < -0.4 is 10.6 Å². The van der Waals surface area contributed by atoms with Crippen LogP contribution in [0.15, 0.2) is 35.7 Å². The van der Waals surface area contributed by atoms with Crippen LogP contribution in [0.2, 0.25) is 0 Å². The Hall–Kier alpha value is -3.00. The van der Waals surface area contributed by atoms with E-state index in [2.05, 4.69) is 25.7 Å². The number of nitrogens with one attached hydrogen (secondary N) is 2. The normalized spacial score (nSPS) is 11.1. The SMILES string of the molecule is Cc1cc(C)n(-c2cc(NCCNC(=O)/C=C/c3cccs3)nc(C)n2)n1. The van der Waals surface area contributed by atoms with E-state index >= 15 is 0 Å². The molecule has 0 aliphatic rings. The average Bonchev–Trinajstić information content (AvgIpc) is 3.25. The van der Waals surface area contributed by atoms with Crippen LogP contribution in [0.3, 0.4) is 0 Å². The van der Waals surface area contributed by atoms with E-state index in [1.807, 2.05) is 56.5 Å². The number of rotatable bonds is 7. The lowest BCUT2D eigenvalue weighted by molar-refractivity contribution is -0.116. The van der Waals surface area contributed by atoms with Crippen molar-refractivity contribution < 1.29 is 4.79 Å². The molecule has 0 radical (unpaired) electrons. The molecule has 0 bridgehead atoms. The maximum atomic E-state index is 11.8. The van der Waals surface area contributed by atoms with Gasteiger partial charge in [0.25, 0.3) is 0 Å². The molecule has 0 aliphatic carbocycles. The van der Waals surface area contributed by atoms with Crippen LogP contribution in [0.4, 0.5) is 5.82 Å². The number of anilines is 1. The minimum Gasteiger partial charge on any atom is -0.368 e. The van der Waals surface area contributed by atoms with E-state index in [1.54, 1.807) is 22.1 Å². The van der Waals surface area contributed by atoms with Crippen molar-refractivity contribution in [2.45, 2.75) is 20.8 Å². The Morgan fingerprint density at radius 1 is 1.22 bits per heavy atom. The van der Waals surface area contributed by atoms with E-state index in [-0.39, 0.29) is 5.91 Å². The second kappa shape index (κ2) is 8.59. The molecular formula is C19H22N6OS. The summed E-state index contributed by atoms with van der Waals surface area (Å²) in [6.45, 7) is 6.84. The van der Waals surface area contributed by atoms with Crippen molar-refractivity contribution in [1.29, 1.82) is 0 Å². The van der Waals surface area contributed by atoms with Crippen molar-refractivity contribution in [3.05, 3.63) is 57.8 Å². The molecule has 3 aromatic rings. The first-order chi connectivity index (χ1) is 13.0. The third-order valence-electron chi connectivity index (χ3n) is 3.72. The third-order valence-corrected chi connectivity index (χ3v) is 4.56. The highest BCUT2D eigenvalue weighted by Crippen LogP contribution is 2.13. The number of aromatic nitrogens is 4. The van der Waals surface area contributed by atoms with Crippen molar-refractivity contribution >= 4 is 29.1 Å². The lowest BCUT2D eigenvalue weighted by atomic mass is 10.4. The van der Waals surface area contributed by atoms with Crippen molar-refractivity contribution in [2.75, 3.05) is 18.4 Å². The van der Waals surface area contributed by atoms with E-state index in [0.29, 0.717) is 24.7 Å². The van der Waals surface area contributed by atoms with Crippen molar-refractivity contribution in [1.82, 2.24) is 25.1 Å². The summed E-state index contributed by atoms with van der Waals surface area (Å²) in [6.07, 6.45) is 3.35. The molecule has 3 rings (SSSR count). The number of hydrogen-bond acceptors (Lipinski definition) is 6. The molecule has 0 aromatic carbocycles. The van der Waals surface area contributed by atoms with E-state index in [9.17, 15) is 4.79 Å². The zero-order chi connectivity index (χ0) is 19.2. The first kappa shape index (κ1) is 18.8. The summed E-state index contributed by atoms with van der Waals surface area (Å²) < 4.78 is 1.80. The standard InChI is InChI=1S/C19H22N6OS/c1-13-11-14(2)25(24-13)18-12-17(22-15(3)23-18)20-8-9-21-19(26)7-6-16-5-4-10-27-16/h4-7,10-12H,8-9H2,1-3H3,(H,21,26)(H,20,22,23)/b7-6+. The fourth-order valence-corrected chi connectivity index (χ4v) is 3.21. The van der Waals surface area contributed by atoms with Crippen molar-refractivity contribution in [3.8, 4) is 5.82 Å². The summed E-state index contributed by atoms with van der Waals surface area (Å²) in [5, 5.41) is 12.5. The zero-order valence-corrected chi connectivity index (χ0v) is 16.4. The summed E-state index contributed by atoms with van der Waals surface area (Å²) in [5.41, 5.74) is 1.96. The van der Waals surface area contributed by atoms with Gasteiger partial charge in [0.2, 0.25) is 5.91 Å². The highest BCUT2D eigenvalue weighted by atomic mass is 32.1. The summed E-state index contributed by atoms with van der Waals surface area (Å²) >= 11 is 1.59. The summed E-state index contributed by atoms with van der Waals surface area (Å²) in [7, 11) is 0. The third kappa shape index (κ3) is 5.24. The largest absolute Gasteiger partial charge is 0.368 e. The number of nitrogens with zero attached hydrogens (tertiary/aromatic N) is 4. The number of thiophene rings is 1. The van der Waals surface area contributed by atoms with Crippen LogP contribution in [-0.4, -0.2) is 38.7 Å². The maximum absolute atomic E-state index is 11.8. The summed E-state index contributed by atoms with van der Waals surface area (Å²) in [4.78, 5) is 21.7. The highest BCUT2D eigenvalue weighted by Gasteiger charge is 2.08. The van der Waals surface area contributed by atoms with Crippen LogP contribution in [-0.2, 0) is 4.79 Å². The van der Waals surface area contributed by atoms with Crippen molar-refractivity contribution in [2.24, 2.45) is 0 Å². The minimum atomic E-state index is -0.118. The van der Waals surface area contributed by atoms with Gasteiger partial charge in [0.1, 0.15) is 11.6 Å². The van der Waals surface area contributed by atoms with Gasteiger partial charge in [0.05, 0.1) is 5.69 Å². The molecule has 0 unspecified atom stereocenters. The fraction of sp³-hybridized carbons (Fsp3) is 0.263. The van der Waals surface area contributed by atoms with Gasteiger partial charge >= 0.3 is 0 Å². The predicted octanol–water partition coefficient (Wildman–Crippen LogP) is 2.89. The van der Waals surface area contributed by atoms with Crippen LogP contribution in [0, 0.1) is 20.8 Å². The van der Waals surface area contributed by atoms with Crippen LogP contribution in [0.5, 0.6) is 0 Å². The average molecular weight is 382 g/mol. The van der Waals surface area contributed by atoms with E-state index in [4.69, 9.17) is 0 Å². The number of aryl methyl sites for hydroxylation is 3. The van der Waals surface area contributed by atoms with Gasteiger partial charge in [0.15, 0.2) is 5.82 Å². The molecule has 0 spiro atoms. The Kier molecular flexibility index (Phi) is 5.97. The Morgan fingerprint density at radius 3 is 2.78 bits per heavy atom. The van der Waals surface area contributed by atoms with Gasteiger partial charge in [-0.05, 0) is 44.4 Å². The zero-order valence-electron chi connectivity index (χ0n) is 15.6. The summed E-state index contributed by atoms with van der Waals surface area (Å²) in [6, 6.07) is 7.78. The van der Waals surface area contributed by atoms with E-state index < -0.39 is 0 Å². The van der Waals surface area contributed by atoms with Gasteiger partial charge in [-0.3, -0.25) is 4.79 Å². The predicted molar refractivity (Wildman–Crippen MR) is 108 cm³/mol. The Balaban J connectivity index is 1.54. The molecule has 2 N–H and O–H groups in total. The lowest BCUT2D eigenvalue weighted by Crippen LogP contribution is -2.27. The van der Waals surface area contributed by atoms with E-state index in [1.165, 1.54) is 0 Å². The van der Waals surface area contributed by atoms with Crippen LogP contribution in [0.1, 0.15) is 22.1 Å². The van der Waals surface area contributed by atoms with Gasteiger partial charge in [-0.15, -0.1) is 11.3 Å². The second-order valence-corrected chi connectivity index (χ2v) is 7.04. The van der Waals surface area contributed by atoms with Crippen molar-refractivity contribution in [3.63, 3.8) is 0 Å². The monoisotopic (exact) mass is 382 g/mol. The fourth-order valence-electron chi connectivity index (χ4n) is 2.59. The lowest BCUT2D eigenvalue weighted by Gasteiger charge is -2.10. The molecule has 8 heteroatoms. The molecule has 140 valence electrons. The molecule has 0 atom stereocenters. The van der Waals surface area contributed by atoms with Gasteiger partial charge < -0.3 is 10.6 Å². The topological polar surface area (TPSA) is 84.7 Å². The minimum absolute atomic E-state index is 0.118. The molecule has 0 aliphatic heterocycles. The van der Waals surface area contributed by atoms with Gasteiger partial charge in [-0.2, -0.15) is 5.10 Å². The molecule has 3 heterocycles. The molecule has 3 aromatic heterocycles. The molecule has 27 heavy (non-hydrogen) atoms. The molecule has 0 fully saturated rings. The number of carbonyl (C=O) groups is 1. The number of carbonyl (C=O) groups excluding carboxylic acids is 1. The molecule has 1 amide bonds. The van der Waals surface area contributed by atoms with Gasteiger partial charge in [0, 0.05) is 35.8 Å². The second-order valence-electron chi connectivity index (χ2n) is 6.06. The Labute approximate surface area is 162 Å². The first-order valence-corrected chi connectivity index (χ1v) is 9.52. The molecule has 0 saturated heterocycles. The maximum Gasteiger partial charge on any atom is 0.244 e. The summed E-state index contributed by atoms with van der Waals surface area (Å²) in [5.74, 6) is 1.96. The number of hydrogen-bond donors (Lipinski definition) is 2. The Morgan fingerprint density at radius 2 is 2.07 bits per heavy atom. The quantitative estimate of drug-likeness (QED) is 0.485. The van der Waals surface area contributed by atoms with Crippen LogP contribution in [0.25, 0.3) is 11.9 Å². The van der Waals surface area contributed by atoms with Gasteiger partial charge in [-0.25, -0.2) is 14.6 Å². The molecule has 0 saturated carbocycles. The Bertz CT molecular complexity index is 945. The smallest absolute Gasteiger partial charge is 0.244 e. The van der Waals surface area contributed by atoms with E-state index in [0.717, 1.165) is 22.1 Å². The van der Waals surface area contributed by atoms with Crippen LogP contribution >= 0.6 is 11.3 Å². The molecular weight excluding hydrogens is 360 g/mol.